The quantitative estimate of drug-likeness (QED) is 0.594. The maximum absolute atomic E-state index is 11.3. The zero-order valence-corrected chi connectivity index (χ0v) is 18.1. The Morgan fingerprint density at radius 2 is 2.10 bits per heavy atom. The zero-order chi connectivity index (χ0) is 22.0. The first-order valence-electron chi connectivity index (χ1n) is 10.6. The molecule has 1 N–H and O–H groups in total. The molecular weight excluding hydrogens is 396 g/mol. The van der Waals surface area contributed by atoms with Gasteiger partial charge in [-0.05, 0) is 56.0 Å². The van der Waals surface area contributed by atoms with E-state index < -0.39 is 5.97 Å². The number of hydrogen-bond acceptors (Lipinski definition) is 6. The van der Waals surface area contributed by atoms with Crippen molar-refractivity contribution in [3.05, 3.63) is 59.0 Å². The number of aryl methyl sites for hydroxylation is 1. The molecule has 3 aromatic rings. The molecule has 2 atom stereocenters. The Morgan fingerprint density at radius 3 is 2.77 bits per heavy atom. The molecule has 4 rings (SSSR count). The SMILES string of the molecule is CCO[C@H]1CCN(Cc2c(OC)cc(C)c3ncoc23)[C@H](c2ccc(C(=O)O)cc2)C1. The van der Waals surface area contributed by atoms with Gasteiger partial charge in [0.25, 0.3) is 0 Å². The summed E-state index contributed by atoms with van der Waals surface area (Å²) in [7, 11) is 1.67. The summed E-state index contributed by atoms with van der Waals surface area (Å²) in [6, 6.07) is 9.25. The highest BCUT2D eigenvalue weighted by Crippen LogP contribution is 2.37. The molecule has 2 heterocycles. The van der Waals surface area contributed by atoms with Crippen LogP contribution >= 0.6 is 0 Å². The van der Waals surface area contributed by atoms with Gasteiger partial charge >= 0.3 is 5.97 Å². The van der Waals surface area contributed by atoms with Gasteiger partial charge in [-0.2, -0.15) is 0 Å². The van der Waals surface area contributed by atoms with Crippen molar-refractivity contribution in [2.45, 2.75) is 45.4 Å². The van der Waals surface area contributed by atoms with Crippen LogP contribution in [0.4, 0.5) is 0 Å². The van der Waals surface area contributed by atoms with E-state index in [1.807, 2.05) is 32.0 Å². The number of aromatic nitrogens is 1. The van der Waals surface area contributed by atoms with Crippen molar-refractivity contribution in [1.82, 2.24) is 9.88 Å². The minimum Gasteiger partial charge on any atom is -0.496 e. The number of nitrogens with zero attached hydrogens (tertiary/aromatic N) is 2. The smallest absolute Gasteiger partial charge is 0.335 e. The van der Waals surface area contributed by atoms with Gasteiger partial charge in [0.15, 0.2) is 12.0 Å². The van der Waals surface area contributed by atoms with Gasteiger partial charge in [-0.1, -0.05) is 12.1 Å². The number of fused-ring (bicyclic) bond motifs is 1. The van der Waals surface area contributed by atoms with Crippen molar-refractivity contribution in [2.75, 3.05) is 20.3 Å². The molecule has 0 bridgehead atoms. The number of benzene rings is 2. The van der Waals surface area contributed by atoms with Crippen LogP contribution in [0, 0.1) is 6.92 Å². The van der Waals surface area contributed by atoms with Crippen LogP contribution in [0.5, 0.6) is 5.75 Å². The Bertz CT molecular complexity index is 1060. The molecule has 164 valence electrons. The number of hydrogen-bond donors (Lipinski definition) is 1. The number of oxazole rings is 1. The molecule has 31 heavy (non-hydrogen) atoms. The third kappa shape index (κ3) is 4.29. The number of methoxy groups -OCH3 is 1. The van der Waals surface area contributed by atoms with E-state index in [2.05, 4.69) is 9.88 Å². The molecule has 0 spiro atoms. The molecular formula is C24H28N2O5. The number of ether oxygens (including phenoxy) is 2. The molecule has 7 nitrogen and oxygen atoms in total. The van der Waals surface area contributed by atoms with Crippen LogP contribution in [0.1, 0.15) is 52.9 Å². The summed E-state index contributed by atoms with van der Waals surface area (Å²) in [5, 5.41) is 9.24. The van der Waals surface area contributed by atoms with E-state index in [4.69, 9.17) is 13.9 Å². The van der Waals surface area contributed by atoms with Gasteiger partial charge in [-0.25, -0.2) is 9.78 Å². The number of rotatable bonds is 7. The third-order valence-corrected chi connectivity index (χ3v) is 6.05. The van der Waals surface area contributed by atoms with Gasteiger partial charge in [0.05, 0.1) is 24.3 Å². The Hall–Kier alpha value is -2.90. The summed E-state index contributed by atoms with van der Waals surface area (Å²) >= 11 is 0. The molecule has 2 aromatic carbocycles. The van der Waals surface area contributed by atoms with Crippen LogP contribution < -0.4 is 4.74 Å². The van der Waals surface area contributed by atoms with Crippen LogP contribution in [0.15, 0.2) is 41.1 Å². The summed E-state index contributed by atoms with van der Waals surface area (Å²) in [6.07, 6.45) is 3.43. The number of piperidine rings is 1. The van der Waals surface area contributed by atoms with Crippen LogP contribution in [0.25, 0.3) is 11.1 Å². The van der Waals surface area contributed by atoms with Gasteiger partial charge in [0.2, 0.25) is 0 Å². The van der Waals surface area contributed by atoms with Crippen LogP contribution in [0.2, 0.25) is 0 Å². The molecule has 0 aliphatic carbocycles. The maximum atomic E-state index is 11.3. The lowest BCUT2D eigenvalue weighted by atomic mass is 9.92. The Morgan fingerprint density at radius 1 is 1.32 bits per heavy atom. The molecule has 0 amide bonds. The average molecular weight is 424 g/mol. The highest BCUT2D eigenvalue weighted by molar-refractivity contribution is 5.87. The Kier molecular flexibility index (Phi) is 6.25. The fourth-order valence-corrected chi connectivity index (χ4v) is 4.49. The lowest BCUT2D eigenvalue weighted by Crippen LogP contribution is -2.39. The zero-order valence-electron chi connectivity index (χ0n) is 18.1. The number of carboxylic acids is 1. The fraction of sp³-hybridized carbons (Fsp3) is 0.417. The van der Waals surface area contributed by atoms with Crippen molar-refractivity contribution in [1.29, 1.82) is 0 Å². The van der Waals surface area contributed by atoms with Gasteiger partial charge in [-0.15, -0.1) is 0 Å². The first-order chi connectivity index (χ1) is 15.0. The number of carboxylic acid groups (broad SMARTS) is 1. The molecule has 0 saturated carbocycles. The maximum Gasteiger partial charge on any atom is 0.335 e. The van der Waals surface area contributed by atoms with Crippen LogP contribution in [0.3, 0.4) is 0 Å². The van der Waals surface area contributed by atoms with Gasteiger partial charge in [-0.3, -0.25) is 4.90 Å². The number of likely N-dealkylation sites (tertiary alicyclic amines) is 1. The van der Waals surface area contributed by atoms with Crippen molar-refractivity contribution >= 4 is 17.1 Å². The van der Waals surface area contributed by atoms with E-state index in [1.54, 1.807) is 19.2 Å². The predicted octanol–water partition coefficient (Wildman–Crippen LogP) is 4.59. The Labute approximate surface area is 181 Å². The second-order valence-corrected chi connectivity index (χ2v) is 7.92. The van der Waals surface area contributed by atoms with E-state index >= 15 is 0 Å². The van der Waals surface area contributed by atoms with E-state index in [1.165, 1.54) is 6.39 Å². The van der Waals surface area contributed by atoms with Gasteiger partial charge in [0, 0.05) is 25.7 Å². The molecule has 1 aliphatic rings. The largest absolute Gasteiger partial charge is 0.496 e. The fourth-order valence-electron chi connectivity index (χ4n) is 4.49. The first kappa shape index (κ1) is 21.3. The second-order valence-electron chi connectivity index (χ2n) is 7.92. The summed E-state index contributed by atoms with van der Waals surface area (Å²) in [6.45, 7) is 6.18. The van der Waals surface area contributed by atoms with Crippen LogP contribution in [-0.2, 0) is 11.3 Å². The normalized spacial score (nSPS) is 19.6. The molecule has 1 aliphatic heterocycles. The molecule has 1 saturated heterocycles. The standard InChI is InChI=1S/C24H28N2O5/c1-4-30-18-9-10-26(20(12-18)16-5-7-17(8-6-16)24(27)28)13-19-21(29-3)11-15(2)22-23(19)31-14-25-22/h5-8,11,14,18,20H,4,9-10,12-13H2,1-3H3,(H,27,28)/t18-,20-/m0/s1. The predicted molar refractivity (Wildman–Crippen MR) is 116 cm³/mol. The highest BCUT2D eigenvalue weighted by atomic mass is 16.5. The van der Waals surface area contributed by atoms with Gasteiger partial charge < -0.3 is 19.0 Å². The van der Waals surface area contributed by atoms with Gasteiger partial charge in [0.1, 0.15) is 11.3 Å². The van der Waals surface area contributed by atoms with E-state index in [9.17, 15) is 9.90 Å². The summed E-state index contributed by atoms with van der Waals surface area (Å²) in [5.74, 6) is -0.134. The molecule has 7 heteroatoms. The van der Waals surface area contributed by atoms with Crippen LogP contribution in [-0.4, -0.2) is 47.3 Å². The van der Waals surface area contributed by atoms with E-state index in [0.717, 1.165) is 52.9 Å². The minimum atomic E-state index is -0.920. The summed E-state index contributed by atoms with van der Waals surface area (Å²) in [4.78, 5) is 18.0. The van der Waals surface area contributed by atoms with Crippen molar-refractivity contribution in [3.8, 4) is 5.75 Å². The molecule has 1 aromatic heterocycles. The third-order valence-electron chi connectivity index (χ3n) is 6.05. The topological polar surface area (TPSA) is 85.0 Å². The number of aromatic carboxylic acids is 1. The van der Waals surface area contributed by atoms with Crippen molar-refractivity contribution in [2.24, 2.45) is 0 Å². The lowest BCUT2D eigenvalue weighted by Gasteiger charge is -2.40. The van der Waals surface area contributed by atoms with E-state index in [0.29, 0.717) is 13.2 Å². The molecule has 1 fully saturated rings. The van der Waals surface area contributed by atoms with Crippen molar-refractivity contribution in [3.63, 3.8) is 0 Å². The molecule has 0 radical (unpaired) electrons. The summed E-state index contributed by atoms with van der Waals surface area (Å²) < 4.78 is 17.4. The monoisotopic (exact) mass is 424 g/mol. The number of carbonyl (C=O) groups is 1. The van der Waals surface area contributed by atoms with E-state index in [-0.39, 0.29) is 17.7 Å². The highest BCUT2D eigenvalue weighted by Gasteiger charge is 2.31. The average Bonchev–Trinajstić information content (AvgIpc) is 3.27. The minimum absolute atomic E-state index is 0.0946. The Balaban J connectivity index is 1.69. The first-order valence-corrected chi connectivity index (χ1v) is 10.6. The summed E-state index contributed by atoms with van der Waals surface area (Å²) in [5.41, 5.74) is 4.96. The molecule has 0 unspecified atom stereocenters. The second kappa shape index (κ2) is 9.08. The lowest BCUT2D eigenvalue weighted by molar-refractivity contribution is -0.0138. The van der Waals surface area contributed by atoms with Crippen molar-refractivity contribution < 1.29 is 23.8 Å².